The molecule has 2 aliphatic heterocycles. The SMILES string of the molecule is [2H]CC(=O)OC[C@H]1OC(O)(c2cc(Cc3ccc(CC)cc3)c(C)c([C@@H]3CCOC3)c2)[C@H](OC(=O)C[2H])[C@@H](OC(=O)C[2H])[C@@H]1OC(=O)C[2H]. The molecule has 1 N–H and O–H groups in total. The van der Waals surface area contributed by atoms with Crippen molar-refractivity contribution < 1.29 is 58.2 Å². The standard InChI is InChI=1S/C34H42O11/c1-7-24-8-10-25(11-9-24)14-27-15-28(16-29(19(27)2)26-12-13-40-17-26)34(39)33(44-23(6)38)32(43-22(5)37)31(42-21(4)36)30(45-34)18-41-20(3)35/h8-11,15-16,26,30-33,39H,7,12-14,17-18H2,1-6H3/t26-,30-,31-,32+,33-,34?/m1/s1/i3D,4D,5D,6D. The van der Waals surface area contributed by atoms with E-state index in [1.165, 1.54) is 0 Å². The van der Waals surface area contributed by atoms with Gasteiger partial charge in [0, 0.05) is 51.2 Å². The van der Waals surface area contributed by atoms with Crippen molar-refractivity contribution in [2.45, 2.75) is 96.8 Å². The van der Waals surface area contributed by atoms with E-state index in [0.29, 0.717) is 26.1 Å². The molecule has 0 spiro atoms. The van der Waals surface area contributed by atoms with Crippen molar-refractivity contribution in [3.05, 3.63) is 69.8 Å². The minimum atomic E-state index is -2.66. The minimum Gasteiger partial charge on any atom is -0.463 e. The van der Waals surface area contributed by atoms with Crippen molar-refractivity contribution in [3.63, 3.8) is 0 Å². The third kappa shape index (κ3) is 8.08. The van der Waals surface area contributed by atoms with Crippen LogP contribution in [0.4, 0.5) is 0 Å². The molecule has 2 aromatic rings. The van der Waals surface area contributed by atoms with Crippen LogP contribution in [0.25, 0.3) is 0 Å². The molecular formula is C34H42O11. The van der Waals surface area contributed by atoms with Crippen molar-refractivity contribution in [2.24, 2.45) is 0 Å². The Morgan fingerprint density at radius 2 is 1.58 bits per heavy atom. The number of benzene rings is 2. The number of aryl methyl sites for hydroxylation is 1. The third-order valence-electron chi connectivity index (χ3n) is 8.07. The second-order valence-corrected chi connectivity index (χ2v) is 11.1. The van der Waals surface area contributed by atoms with Gasteiger partial charge in [0.05, 0.1) is 6.61 Å². The lowest BCUT2D eigenvalue weighted by molar-refractivity contribution is -0.360. The van der Waals surface area contributed by atoms with Crippen LogP contribution in [-0.4, -0.2) is 73.2 Å². The van der Waals surface area contributed by atoms with Gasteiger partial charge >= 0.3 is 23.9 Å². The highest BCUT2D eigenvalue weighted by molar-refractivity contribution is 5.69. The summed E-state index contributed by atoms with van der Waals surface area (Å²) in [6.45, 7) is 0.809. The number of carbonyl (C=O) groups excluding carboxylic acids is 4. The Balaban J connectivity index is 1.93. The predicted molar refractivity (Wildman–Crippen MR) is 160 cm³/mol. The number of aliphatic hydroxyl groups is 1. The second kappa shape index (κ2) is 14.5. The molecule has 2 aliphatic rings. The molecule has 45 heavy (non-hydrogen) atoms. The summed E-state index contributed by atoms with van der Waals surface area (Å²) in [5.41, 5.74) is 4.73. The Bertz CT molecular complexity index is 1480. The summed E-state index contributed by atoms with van der Waals surface area (Å²) in [6.07, 6.45) is -5.09. The topological polar surface area (TPSA) is 144 Å². The largest absolute Gasteiger partial charge is 0.463 e. The Hall–Kier alpha value is -3.80. The predicted octanol–water partition coefficient (Wildman–Crippen LogP) is 3.55. The van der Waals surface area contributed by atoms with E-state index in [4.69, 9.17) is 33.9 Å². The lowest BCUT2D eigenvalue weighted by Gasteiger charge is -2.49. The van der Waals surface area contributed by atoms with Crippen LogP contribution < -0.4 is 0 Å². The highest BCUT2D eigenvalue weighted by Crippen LogP contribution is 2.43. The zero-order valence-electron chi connectivity index (χ0n) is 29.5. The number of hydrogen-bond acceptors (Lipinski definition) is 11. The van der Waals surface area contributed by atoms with Gasteiger partial charge in [0.25, 0.3) is 0 Å². The van der Waals surface area contributed by atoms with Crippen LogP contribution in [-0.2, 0) is 66.2 Å². The van der Waals surface area contributed by atoms with Crippen LogP contribution in [0.15, 0.2) is 36.4 Å². The molecule has 11 heteroatoms. The number of ether oxygens (including phenoxy) is 6. The van der Waals surface area contributed by atoms with Gasteiger partial charge < -0.3 is 33.5 Å². The van der Waals surface area contributed by atoms with E-state index < -0.39 is 88.3 Å². The van der Waals surface area contributed by atoms with Crippen LogP contribution >= 0.6 is 0 Å². The fraction of sp³-hybridized carbons (Fsp3) is 0.529. The van der Waals surface area contributed by atoms with Crippen molar-refractivity contribution in [1.29, 1.82) is 0 Å². The molecule has 2 fully saturated rings. The van der Waals surface area contributed by atoms with Gasteiger partial charge in [-0.2, -0.15) is 0 Å². The van der Waals surface area contributed by atoms with Gasteiger partial charge in [-0.25, -0.2) is 0 Å². The fourth-order valence-corrected chi connectivity index (χ4v) is 5.88. The van der Waals surface area contributed by atoms with E-state index in [0.717, 1.165) is 34.2 Å². The van der Waals surface area contributed by atoms with E-state index in [1.807, 2.05) is 31.2 Å². The quantitative estimate of drug-likeness (QED) is 0.304. The van der Waals surface area contributed by atoms with Crippen LogP contribution in [0.1, 0.15) is 85.7 Å². The summed E-state index contributed by atoms with van der Waals surface area (Å²) in [5, 5.41) is 12.6. The third-order valence-corrected chi connectivity index (χ3v) is 8.07. The van der Waals surface area contributed by atoms with E-state index in [9.17, 15) is 24.3 Å². The Morgan fingerprint density at radius 1 is 0.933 bits per heavy atom. The van der Waals surface area contributed by atoms with Gasteiger partial charge in [0.2, 0.25) is 11.9 Å². The summed E-state index contributed by atoms with van der Waals surface area (Å²) in [7, 11) is 0. The van der Waals surface area contributed by atoms with Gasteiger partial charge in [0.1, 0.15) is 12.7 Å². The summed E-state index contributed by atoms with van der Waals surface area (Å²) in [4.78, 5) is 49.8. The molecule has 11 nitrogen and oxygen atoms in total. The zero-order valence-corrected chi connectivity index (χ0v) is 25.5. The van der Waals surface area contributed by atoms with E-state index in [2.05, 4.69) is 6.92 Å². The molecule has 0 radical (unpaired) electrons. The molecule has 0 saturated carbocycles. The van der Waals surface area contributed by atoms with Crippen LogP contribution in [0.5, 0.6) is 0 Å². The van der Waals surface area contributed by atoms with Crippen molar-refractivity contribution in [3.8, 4) is 0 Å². The van der Waals surface area contributed by atoms with Gasteiger partial charge in [-0.05, 0) is 66.1 Å². The normalized spacial score (nSPS) is 27.3. The molecule has 2 aromatic carbocycles. The maximum Gasteiger partial charge on any atom is 0.303 e. The minimum absolute atomic E-state index is 0.0666. The van der Waals surface area contributed by atoms with Crippen LogP contribution in [0, 0.1) is 6.92 Å². The van der Waals surface area contributed by atoms with Crippen molar-refractivity contribution >= 4 is 23.9 Å². The molecule has 6 atom stereocenters. The Labute approximate surface area is 268 Å². The molecule has 0 bridgehead atoms. The highest BCUT2D eigenvalue weighted by Gasteiger charge is 2.60. The van der Waals surface area contributed by atoms with Gasteiger partial charge in [-0.3, -0.25) is 19.2 Å². The van der Waals surface area contributed by atoms with Crippen molar-refractivity contribution in [1.82, 2.24) is 0 Å². The average molecular weight is 631 g/mol. The van der Waals surface area contributed by atoms with Crippen LogP contribution in [0.2, 0.25) is 0 Å². The summed E-state index contributed by atoms with van der Waals surface area (Å²) in [5.74, 6) is -7.10. The Kier molecular flexibility index (Phi) is 9.25. The van der Waals surface area contributed by atoms with Gasteiger partial charge in [-0.1, -0.05) is 31.2 Å². The molecule has 244 valence electrons. The smallest absolute Gasteiger partial charge is 0.303 e. The zero-order chi connectivity index (χ0) is 35.7. The average Bonchev–Trinajstić information content (AvgIpc) is 3.65. The number of rotatable bonds is 10. The number of hydrogen-bond donors (Lipinski definition) is 1. The Morgan fingerprint density at radius 3 is 2.20 bits per heavy atom. The molecular weight excluding hydrogens is 584 g/mol. The maximum atomic E-state index is 12.7. The summed E-state index contributed by atoms with van der Waals surface area (Å²) >= 11 is 0. The number of esters is 4. The molecule has 2 heterocycles. The van der Waals surface area contributed by atoms with E-state index in [1.54, 1.807) is 12.1 Å². The second-order valence-electron chi connectivity index (χ2n) is 11.1. The first kappa shape index (κ1) is 28.7. The summed E-state index contributed by atoms with van der Waals surface area (Å²) < 4.78 is 63.4. The first-order valence-corrected chi connectivity index (χ1v) is 14.6. The van der Waals surface area contributed by atoms with E-state index >= 15 is 0 Å². The monoisotopic (exact) mass is 630 g/mol. The first-order valence-electron chi connectivity index (χ1n) is 17.4. The molecule has 1 unspecified atom stereocenters. The van der Waals surface area contributed by atoms with Gasteiger partial charge in [0.15, 0.2) is 12.2 Å². The van der Waals surface area contributed by atoms with E-state index in [-0.39, 0.29) is 11.5 Å². The molecule has 0 aliphatic carbocycles. The first-order chi connectivity index (χ1) is 23.5. The molecule has 4 rings (SSSR count). The van der Waals surface area contributed by atoms with Crippen molar-refractivity contribution in [2.75, 3.05) is 19.8 Å². The van der Waals surface area contributed by atoms with Crippen LogP contribution in [0.3, 0.4) is 0 Å². The maximum absolute atomic E-state index is 12.7. The molecule has 0 aromatic heterocycles. The molecule has 2 saturated heterocycles. The lowest BCUT2D eigenvalue weighted by atomic mass is 9.82. The number of carbonyl (C=O) groups is 4. The lowest BCUT2D eigenvalue weighted by Crippen LogP contribution is -2.66. The molecule has 0 amide bonds. The van der Waals surface area contributed by atoms with Gasteiger partial charge in [-0.15, -0.1) is 0 Å². The highest BCUT2D eigenvalue weighted by atomic mass is 16.7. The fourth-order valence-electron chi connectivity index (χ4n) is 5.88. The summed E-state index contributed by atoms with van der Waals surface area (Å²) in [6, 6.07) is 11.4.